The van der Waals surface area contributed by atoms with Crippen LogP contribution in [0, 0.1) is 0 Å². The van der Waals surface area contributed by atoms with Crippen LogP contribution in [0.15, 0.2) is 36.3 Å². The van der Waals surface area contributed by atoms with Crippen molar-refractivity contribution in [3.63, 3.8) is 0 Å². The number of ketones is 1. The number of carbonyl (C=O) groups excluding carboxylic acids is 1. The Morgan fingerprint density at radius 2 is 1.95 bits per heavy atom. The number of thioether (sulfide) groups is 1. The lowest BCUT2D eigenvalue weighted by molar-refractivity contribution is 0.104. The molecule has 0 heterocycles. The molecule has 2 heteroatoms. The summed E-state index contributed by atoms with van der Waals surface area (Å²) in [6.07, 6.45) is 4.12. The number of hydrogen-bond donors (Lipinski definition) is 0. The van der Waals surface area contributed by atoms with Gasteiger partial charge in [0.2, 0.25) is 0 Å². The van der Waals surface area contributed by atoms with Crippen molar-refractivity contribution >= 4 is 23.6 Å². The van der Waals surface area contributed by atoms with E-state index in [9.17, 15) is 4.79 Å². The molecule has 0 amide bonds. The largest absolute Gasteiger partial charge is 0.289 e. The van der Waals surface area contributed by atoms with Gasteiger partial charge in [-0.2, -0.15) is 0 Å². The summed E-state index contributed by atoms with van der Waals surface area (Å²) in [5.74, 6) is -0.0403. The summed E-state index contributed by atoms with van der Waals surface area (Å²) in [5.41, 5.74) is 2.99. The molecule has 0 saturated carbocycles. The molecule has 0 radical (unpaired) electrons. The molecule has 102 valence electrons. The van der Waals surface area contributed by atoms with E-state index < -0.39 is 0 Å². The summed E-state index contributed by atoms with van der Waals surface area (Å²) in [6.45, 7) is 16.1. The summed E-state index contributed by atoms with van der Waals surface area (Å²) in [7, 11) is 0. The molecule has 19 heavy (non-hydrogen) atoms. The van der Waals surface area contributed by atoms with Crippen molar-refractivity contribution in [3.8, 4) is 0 Å². The number of allylic oxidation sites excluding steroid dienone is 1. The minimum absolute atomic E-state index is 0.0403. The molecule has 1 rings (SSSR count). The normalized spacial score (nSPS) is 11.2. The minimum atomic E-state index is -0.0403. The van der Waals surface area contributed by atoms with Gasteiger partial charge in [-0.05, 0) is 35.8 Å². The van der Waals surface area contributed by atoms with Crippen molar-refractivity contribution in [2.45, 2.75) is 43.8 Å². The maximum Gasteiger partial charge on any atom is 0.185 e. The third kappa shape index (κ3) is 4.10. The lowest BCUT2D eigenvalue weighted by atomic mass is 10.00. The lowest BCUT2D eigenvalue weighted by Crippen LogP contribution is -2.09. The predicted octanol–water partition coefficient (Wildman–Crippen LogP) is 5.15. The van der Waals surface area contributed by atoms with E-state index in [-0.39, 0.29) is 10.5 Å². The first-order valence-corrected chi connectivity index (χ1v) is 7.29. The molecule has 0 aliphatic carbocycles. The Kier molecular flexibility index (Phi) is 5.19. The summed E-state index contributed by atoms with van der Waals surface area (Å²) < 4.78 is 0.109. The molecule has 0 aliphatic rings. The monoisotopic (exact) mass is 274 g/mol. The quantitative estimate of drug-likeness (QED) is 0.419. The van der Waals surface area contributed by atoms with E-state index in [1.807, 2.05) is 18.2 Å². The Balaban J connectivity index is 3.43. The van der Waals surface area contributed by atoms with E-state index in [0.29, 0.717) is 5.56 Å². The zero-order valence-corrected chi connectivity index (χ0v) is 13.1. The Morgan fingerprint density at radius 3 is 2.37 bits per heavy atom. The van der Waals surface area contributed by atoms with Gasteiger partial charge >= 0.3 is 0 Å². The van der Waals surface area contributed by atoms with E-state index in [2.05, 4.69) is 40.9 Å². The number of rotatable bonds is 5. The van der Waals surface area contributed by atoms with Crippen LogP contribution in [0.1, 0.15) is 49.2 Å². The molecule has 0 saturated heterocycles. The maximum absolute atomic E-state index is 11.8. The fourth-order valence-electron chi connectivity index (χ4n) is 1.91. The first-order valence-electron chi connectivity index (χ1n) is 6.47. The lowest BCUT2D eigenvalue weighted by Gasteiger charge is -2.21. The molecule has 0 atom stereocenters. The number of benzene rings is 1. The van der Waals surface area contributed by atoms with Gasteiger partial charge in [-0.15, -0.1) is 11.8 Å². The maximum atomic E-state index is 11.8. The fourth-order valence-corrected chi connectivity index (χ4v) is 3.14. The molecule has 0 spiro atoms. The second kappa shape index (κ2) is 6.25. The average Bonchev–Trinajstić information content (AvgIpc) is 2.34. The zero-order valence-electron chi connectivity index (χ0n) is 12.2. The molecule has 0 unspecified atom stereocenters. The molecule has 0 aliphatic heterocycles. The molecule has 0 N–H and O–H groups in total. The van der Waals surface area contributed by atoms with Crippen molar-refractivity contribution < 1.29 is 4.79 Å². The van der Waals surface area contributed by atoms with E-state index in [0.717, 1.165) is 16.9 Å². The summed E-state index contributed by atoms with van der Waals surface area (Å²) in [5, 5.41) is 0. The van der Waals surface area contributed by atoms with Gasteiger partial charge < -0.3 is 0 Å². The molecule has 1 aromatic rings. The number of carbonyl (C=O) groups is 1. The SMILES string of the molecule is C=CC(=O)c1cc(C=C)c(CC)c(SC(C)(C)C)c1. The first kappa shape index (κ1) is 15.8. The van der Waals surface area contributed by atoms with E-state index >= 15 is 0 Å². The van der Waals surface area contributed by atoms with Crippen molar-refractivity contribution in [3.05, 3.63) is 48.1 Å². The van der Waals surface area contributed by atoms with Crippen LogP contribution in [0.5, 0.6) is 0 Å². The Morgan fingerprint density at radius 1 is 1.32 bits per heavy atom. The number of hydrogen-bond acceptors (Lipinski definition) is 2. The highest BCUT2D eigenvalue weighted by Gasteiger charge is 2.17. The molecular weight excluding hydrogens is 252 g/mol. The van der Waals surface area contributed by atoms with Gasteiger partial charge in [-0.25, -0.2) is 0 Å². The molecule has 0 bridgehead atoms. The van der Waals surface area contributed by atoms with Crippen LogP contribution in [0.4, 0.5) is 0 Å². The zero-order chi connectivity index (χ0) is 14.6. The van der Waals surface area contributed by atoms with Crippen LogP contribution in [-0.4, -0.2) is 10.5 Å². The fraction of sp³-hybridized carbons (Fsp3) is 0.353. The Hall–Kier alpha value is -1.28. The second-order valence-electron chi connectivity index (χ2n) is 5.38. The molecule has 0 aromatic heterocycles. The second-order valence-corrected chi connectivity index (χ2v) is 7.25. The van der Waals surface area contributed by atoms with Gasteiger partial charge in [-0.1, -0.05) is 46.9 Å². The third-order valence-corrected chi connectivity index (χ3v) is 3.90. The highest BCUT2D eigenvalue weighted by molar-refractivity contribution is 8.00. The van der Waals surface area contributed by atoms with Gasteiger partial charge in [0.15, 0.2) is 5.78 Å². The van der Waals surface area contributed by atoms with Crippen LogP contribution in [-0.2, 0) is 6.42 Å². The smallest absolute Gasteiger partial charge is 0.185 e. The van der Waals surface area contributed by atoms with Gasteiger partial charge in [-0.3, -0.25) is 4.79 Å². The van der Waals surface area contributed by atoms with E-state index in [1.165, 1.54) is 11.6 Å². The highest BCUT2D eigenvalue weighted by atomic mass is 32.2. The van der Waals surface area contributed by atoms with Crippen LogP contribution < -0.4 is 0 Å². The summed E-state index contributed by atoms with van der Waals surface area (Å²) >= 11 is 1.79. The Labute approximate surface area is 120 Å². The first-order chi connectivity index (χ1) is 8.82. The van der Waals surface area contributed by atoms with E-state index in [1.54, 1.807) is 11.8 Å². The van der Waals surface area contributed by atoms with Crippen molar-refractivity contribution in [2.75, 3.05) is 0 Å². The molecule has 1 aromatic carbocycles. The summed E-state index contributed by atoms with van der Waals surface area (Å²) in [6, 6.07) is 3.88. The molecule has 0 fully saturated rings. The van der Waals surface area contributed by atoms with Crippen LogP contribution in [0.3, 0.4) is 0 Å². The van der Waals surface area contributed by atoms with Crippen molar-refractivity contribution in [2.24, 2.45) is 0 Å². The van der Waals surface area contributed by atoms with E-state index in [4.69, 9.17) is 0 Å². The van der Waals surface area contributed by atoms with Gasteiger partial charge in [0, 0.05) is 15.2 Å². The Bertz CT molecular complexity index is 507. The van der Waals surface area contributed by atoms with Gasteiger partial charge in [0.25, 0.3) is 0 Å². The standard InChI is InChI=1S/C17H22OS/c1-7-12-10-13(15(18)9-3)11-16(14(12)8-2)19-17(4,5)6/h7,9-11H,1,3,8H2,2,4-6H3. The highest BCUT2D eigenvalue weighted by Crippen LogP contribution is 2.37. The minimum Gasteiger partial charge on any atom is -0.289 e. The van der Waals surface area contributed by atoms with Crippen molar-refractivity contribution in [1.29, 1.82) is 0 Å². The van der Waals surface area contributed by atoms with Gasteiger partial charge in [0.1, 0.15) is 0 Å². The van der Waals surface area contributed by atoms with Gasteiger partial charge in [0.05, 0.1) is 0 Å². The third-order valence-electron chi connectivity index (χ3n) is 2.70. The van der Waals surface area contributed by atoms with Crippen LogP contribution >= 0.6 is 11.8 Å². The molecule has 1 nitrogen and oxygen atoms in total. The molecular formula is C17H22OS. The van der Waals surface area contributed by atoms with Crippen LogP contribution in [0.25, 0.3) is 6.08 Å². The summed E-state index contributed by atoms with van der Waals surface area (Å²) in [4.78, 5) is 13.0. The predicted molar refractivity (Wildman–Crippen MR) is 86.0 cm³/mol. The average molecular weight is 274 g/mol. The van der Waals surface area contributed by atoms with Crippen molar-refractivity contribution in [1.82, 2.24) is 0 Å². The topological polar surface area (TPSA) is 17.1 Å². The van der Waals surface area contributed by atoms with Crippen LogP contribution in [0.2, 0.25) is 0 Å².